The van der Waals surface area contributed by atoms with Gasteiger partial charge in [0.25, 0.3) is 0 Å². The first kappa shape index (κ1) is 29.2. The monoisotopic (exact) mass is 478 g/mol. The van der Waals surface area contributed by atoms with Crippen molar-refractivity contribution in [2.75, 3.05) is 105 Å². The average Bonchev–Trinajstić information content (AvgIpc) is 2.82. The van der Waals surface area contributed by atoms with Gasteiger partial charge >= 0.3 is 0 Å². The van der Waals surface area contributed by atoms with E-state index in [2.05, 4.69) is 0 Å². The number of halogens is 1. The lowest BCUT2D eigenvalue weighted by molar-refractivity contribution is -0.0233. The van der Waals surface area contributed by atoms with Crippen LogP contribution in [0, 0.1) is 0 Å². The first-order valence-corrected chi connectivity index (χ1v) is 11.7. The Morgan fingerprint density at radius 1 is 0.406 bits per heavy atom. The third-order valence-electron chi connectivity index (χ3n) is 3.94. The number of alkyl halides is 1. The Bertz CT molecular complexity index is 480. The van der Waals surface area contributed by atoms with Gasteiger partial charge in [0, 0.05) is 5.88 Å². The van der Waals surface area contributed by atoms with Crippen molar-refractivity contribution >= 4 is 11.6 Å². The molecule has 8 nitrogen and oxygen atoms in total. The van der Waals surface area contributed by atoms with Crippen LogP contribution >= 0.6 is 11.6 Å². The molecule has 0 radical (unpaired) electrons. The predicted molar refractivity (Wildman–Crippen MR) is 123 cm³/mol. The van der Waals surface area contributed by atoms with E-state index in [1.807, 2.05) is 30.3 Å². The summed E-state index contributed by atoms with van der Waals surface area (Å²) in [5, 5.41) is 0. The van der Waals surface area contributed by atoms with E-state index in [-0.39, 0.29) is 0 Å². The normalized spacial score (nSPS) is 11.3. The largest absolute Gasteiger partial charge is 0.378 e. The van der Waals surface area contributed by atoms with Crippen LogP contribution in [0.5, 0.6) is 0 Å². The molecule has 0 N–H and O–H groups in total. The molecule has 0 heterocycles. The summed E-state index contributed by atoms with van der Waals surface area (Å²) in [5.41, 5.74) is 1.16. The molecular formula is C23H39ClO8. The van der Waals surface area contributed by atoms with E-state index < -0.39 is 0 Å². The Hall–Kier alpha value is -0.810. The SMILES string of the molecule is ClCCOCCOCCOCCOCCOCCOCCOCCOCc1ccccc1. The Labute approximate surface area is 197 Å². The molecule has 0 atom stereocenters. The maximum Gasteiger partial charge on any atom is 0.0718 e. The van der Waals surface area contributed by atoms with Crippen LogP contribution in [-0.2, 0) is 44.5 Å². The lowest BCUT2D eigenvalue weighted by Crippen LogP contribution is -2.15. The van der Waals surface area contributed by atoms with Gasteiger partial charge in [-0.15, -0.1) is 11.6 Å². The van der Waals surface area contributed by atoms with Crippen LogP contribution in [0.3, 0.4) is 0 Å². The Morgan fingerprint density at radius 3 is 1.06 bits per heavy atom. The molecule has 0 saturated heterocycles. The van der Waals surface area contributed by atoms with Crippen molar-refractivity contribution in [2.45, 2.75) is 6.61 Å². The van der Waals surface area contributed by atoms with Gasteiger partial charge in [-0.1, -0.05) is 30.3 Å². The minimum absolute atomic E-state index is 0.504. The molecule has 9 heteroatoms. The highest BCUT2D eigenvalue weighted by Crippen LogP contribution is 1.99. The van der Waals surface area contributed by atoms with Crippen molar-refractivity contribution in [3.05, 3.63) is 35.9 Å². The second kappa shape index (κ2) is 24.8. The number of benzene rings is 1. The maximum absolute atomic E-state index is 5.55. The second-order valence-corrected chi connectivity index (χ2v) is 6.89. The van der Waals surface area contributed by atoms with E-state index in [1.165, 1.54) is 0 Å². The summed E-state index contributed by atoms with van der Waals surface area (Å²) in [5.74, 6) is 0.504. The number of hydrogen-bond acceptors (Lipinski definition) is 8. The van der Waals surface area contributed by atoms with E-state index in [0.717, 1.165) is 5.56 Å². The maximum atomic E-state index is 5.55. The minimum Gasteiger partial charge on any atom is -0.378 e. The van der Waals surface area contributed by atoms with E-state index in [0.29, 0.717) is 112 Å². The first-order chi connectivity index (χ1) is 15.9. The summed E-state index contributed by atoms with van der Waals surface area (Å²) >= 11 is 5.49. The predicted octanol–water partition coefficient (Wildman–Crippen LogP) is 2.56. The highest BCUT2D eigenvalue weighted by Gasteiger charge is 1.95. The van der Waals surface area contributed by atoms with Crippen molar-refractivity contribution < 1.29 is 37.9 Å². The standard InChI is InChI=1S/C23H39ClO8/c24-6-7-25-8-9-26-10-11-27-12-13-28-14-15-29-16-17-30-18-19-31-20-21-32-22-23-4-2-1-3-5-23/h1-5H,6-22H2. The molecule has 1 aromatic rings. The zero-order valence-electron chi connectivity index (χ0n) is 19.1. The van der Waals surface area contributed by atoms with Gasteiger partial charge in [0.05, 0.1) is 106 Å². The van der Waals surface area contributed by atoms with Crippen LogP contribution < -0.4 is 0 Å². The van der Waals surface area contributed by atoms with Gasteiger partial charge in [0.2, 0.25) is 0 Å². The van der Waals surface area contributed by atoms with Crippen LogP contribution in [0.15, 0.2) is 30.3 Å². The molecule has 0 aliphatic rings. The van der Waals surface area contributed by atoms with Crippen LogP contribution in [0.25, 0.3) is 0 Å². The van der Waals surface area contributed by atoms with Crippen molar-refractivity contribution in [3.8, 4) is 0 Å². The molecule has 0 aliphatic carbocycles. The molecule has 0 unspecified atom stereocenters. The van der Waals surface area contributed by atoms with Crippen molar-refractivity contribution in [1.82, 2.24) is 0 Å². The number of ether oxygens (including phenoxy) is 8. The highest BCUT2D eigenvalue weighted by molar-refractivity contribution is 6.17. The van der Waals surface area contributed by atoms with Crippen molar-refractivity contribution in [3.63, 3.8) is 0 Å². The van der Waals surface area contributed by atoms with Gasteiger partial charge in [-0.2, -0.15) is 0 Å². The zero-order chi connectivity index (χ0) is 22.8. The molecule has 1 aromatic carbocycles. The molecule has 32 heavy (non-hydrogen) atoms. The van der Waals surface area contributed by atoms with Crippen LogP contribution in [-0.4, -0.2) is 105 Å². The first-order valence-electron chi connectivity index (χ1n) is 11.2. The molecule has 0 aliphatic heterocycles. The molecule has 0 spiro atoms. The molecule has 0 saturated carbocycles. The fourth-order valence-electron chi connectivity index (χ4n) is 2.36. The molecule has 0 bridgehead atoms. The Balaban J connectivity index is 1.64. The van der Waals surface area contributed by atoms with Gasteiger partial charge in [-0.25, -0.2) is 0 Å². The fourth-order valence-corrected chi connectivity index (χ4v) is 2.47. The fraction of sp³-hybridized carbons (Fsp3) is 0.739. The summed E-state index contributed by atoms with van der Waals surface area (Å²) in [7, 11) is 0. The van der Waals surface area contributed by atoms with Crippen LogP contribution in [0.2, 0.25) is 0 Å². The summed E-state index contributed by atoms with van der Waals surface area (Å²) < 4.78 is 43.3. The molecule has 0 fully saturated rings. The van der Waals surface area contributed by atoms with Crippen molar-refractivity contribution in [1.29, 1.82) is 0 Å². The smallest absolute Gasteiger partial charge is 0.0718 e. The average molecular weight is 479 g/mol. The molecule has 1 rings (SSSR count). The van der Waals surface area contributed by atoms with Gasteiger partial charge in [-0.05, 0) is 5.56 Å². The Morgan fingerprint density at radius 2 is 0.719 bits per heavy atom. The molecule has 0 aromatic heterocycles. The summed E-state index contributed by atoms with van der Waals surface area (Å²) in [4.78, 5) is 0. The number of hydrogen-bond donors (Lipinski definition) is 0. The zero-order valence-corrected chi connectivity index (χ0v) is 19.8. The molecular weight excluding hydrogens is 440 g/mol. The quantitative estimate of drug-likeness (QED) is 0.157. The molecule has 186 valence electrons. The van der Waals surface area contributed by atoms with E-state index >= 15 is 0 Å². The number of rotatable bonds is 25. The minimum atomic E-state index is 0.504. The van der Waals surface area contributed by atoms with Crippen molar-refractivity contribution in [2.24, 2.45) is 0 Å². The van der Waals surface area contributed by atoms with E-state index in [9.17, 15) is 0 Å². The summed E-state index contributed by atoms with van der Waals surface area (Å²) in [6.07, 6.45) is 0. The van der Waals surface area contributed by atoms with Crippen LogP contribution in [0.1, 0.15) is 5.56 Å². The lowest BCUT2D eigenvalue weighted by Gasteiger charge is -2.08. The lowest BCUT2D eigenvalue weighted by atomic mass is 10.2. The van der Waals surface area contributed by atoms with Gasteiger partial charge in [-0.3, -0.25) is 0 Å². The summed E-state index contributed by atoms with van der Waals surface area (Å²) in [6, 6.07) is 10.1. The van der Waals surface area contributed by atoms with E-state index in [1.54, 1.807) is 0 Å². The Kier molecular flexibility index (Phi) is 22.7. The summed E-state index contributed by atoms with van der Waals surface area (Å²) in [6.45, 7) is 8.77. The highest BCUT2D eigenvalue weighted by atomic mass is 35.5. The third kappa shape index (κ3) is 21.1. The van der Waals surface area contributed by atoms with Gasteiger partial charge in [0.1, 0.15) is 0 Å². The third-order valence-corrected chi connectivity index (χ3v) is 4.09. The molecule has 0 amide bonds. The second-order valence-electron chi connectivity index (χ2n) is 6.51. The van der Waals surface area contributed by atoms with Gasteiger partial charge < -0.3 is 37.9 Å². The van der Waals surface area contributed by atoms with Crippen LogP contribution in [0.4, 0.5) is 0 Å². The topological polar surface area (TPSA) is 73.8 Å². The van der Waals surface area contributed by atoms with Gasteiger partial charge in [0.15, 0.2) is 0 Å². The van der Waals surface area contributed by atoms with E-state index in [4.69, 9.17) is 49.5 Å².